The highest BCUT2D eigenvalue weighted by atomic mass is 79.9. The van der Waals surface area contributed by atoms with E-state index in [2.05, 4.69) is 42.4 Å². The molecule has 0 unspecified atom stereocenters. The van der Waals surface area contributed by atoms with Gasteiger partial charge in [-0.25, -0.2) is 5.43 Å². The molecule has 178 valence electrons. The van der Waals surface area contributed by atoms with E-state index in [0.29, 0.717) is 41.0 Å². The summed E-state index contributed by atoms with van der Waals surface area (Å²) in [7, 11) is 1.53. The summed E-state index contributed by atoms with van der Waals surface area (Å²) in [5.74, 6) is 1.39. The molecule has 0 aliphatic carbocycles. The van der Waals surface area contributed by atoms with Crippen molar-refractivity contribution in [1.29, 1.82) is 0 Å². The summed E-state index contributed by atoms with van der Waals surface area (Å²) < 4.78 is 18.4. The second-order valence-electron chi connectivity index (χ2n) is 7.14. The number of carbonyl (C=O) groups excluding carboxylic acids is 1. The monoisotopic (exact) mass is 608 g/mol. The van der Waals surface area contributed by atoms with Crippen LogP contribution in [0, 0.1) is 0 Å². The fourth-order valence-electron chi connectivity index (χ4n) is 2.90. The fraction of sp³-hybridized carbons (Fsp3) is 0.200. The van der Waals surface area contributed by atoms with E-state index < -0.39 is 0 Å². The van der Waals surface area contributed by atoms with Crippen molar-refractivity contribution in [3.63, 3.8) is 0 Å². The third-order valence-corrected chi connectivity index (χ3v) is 6.01. The van der Waals surface area contributed by atoms with Crippen molar-refractivity contribution in [3.05, 3.63) is 85.3 Å². The van der Waals surface area contributed by atoms with E-state index in [9.17, 15) is 4.79 Å². The summed E-state index contributed by atoms with van der Waals surface area (Å²) in [6.07, 6.45) is 2.42. The molecule has 34 heavy (non-hydrogen) atoms. The molecule has 3 aromatic carbocycles. The molecule has 0 aliphatic rings. The summed E-state index contributed by atoms with van der Waals surface area (Å²) in [5.41, 5.74) is 4.70. The molecule has 1 N–H and O–H groups in total. The van der Waals surface area contributed by atoms with Gasteiger partial charge in [0, 0.05) is 10.6 Å². The Bertz CT molecular complexity index is 1150. The predicted octanol–water partition coefficient (Wildman–Crippen LogP) is 7.01. The largest absolute Gasteiger partial charge is 0.493 e. The molecule has 0 aliphatic heterocycles. The molecule has 9 heteroatoms. The Morgan fingerprint density at radius 3 is 2.38 bits per heavy atom. The summed E-state index contributed by atoms with van der Waals surface area (Å²) in [5, 5.41) is 4.75. The lowest BCUT2D eigenvalue weighted by Crippen LogP contribution is -2.17. The third kappa shape index (κ3) is 7.22. The molecule has 0 radical (unpaired) electrons. The van der Waals surface area contributed by atoms with Crippen LogP contribution in [-0.2, 0) is 6.61 Å². The van der Waals surface area contributed by atoms with Gasteiger partial charge in [0.25, 0.3) is 5.91 Å². The molecule has 0 saturated carbocycles. The van der Waals surface area contributed by atoms with Gasteiger partial charge in [-0.1, -0.05) is 30.7 Å². The van der Waals surface area contributed by atoms with Gasteiger partial charge in [-0.3, -0.25) is 4.79 Å². The first-order chi connectivity index (χ1) is 16.4. The Balaban J connectivity index is 1.63. The van der Waals surface area contributed by atoms with Crippen molar-refractivity contribution in [1.82, 2.24) is 5.43 Å². The molecule has 0 bridgehead atoms. The van der Waals surface area contributed by atoms with Crippen molar-refractivity contribution < 1.29 is 19.0 Å². The molecule has 3 aromatic rings. The molecule has 0 atom stereocenters. The quantitative estimate of drug-likeness (QED) is 0.198. The van der Waals surface area contributed by atoms with E-state index in [-0.39, 0.29) is 5.91 Å². The minimum Gasteiger partial charge on any atom is -0.493 e. The normalized spacial score (nSPS) is 10.9. The van der Waals surface area contributed by atoms with Crippen molar-refractivity contribution in [2.75, 3.05) is 13.7 Å². The minimum atomic E-state index is -0.363. The van der Waals surface area contributed by atoms with Crippen LogP contribution >= 0.6 is 43.5 Å². The fourth-order valence-corrected chi connectivity index (χ4v) is 4.47. The van der Waals surface area contributed by atoms with Crippen LogP contribution in [-0.4, -0.2) is 25.8 Å². The molecular weight excluding hydrogens is 588 g/mol. The van der Waals surface area contributed by atoms with E-state index in [0.717, 1.165) is 26.5 Å². The first-order valence-electron chi connectivity index (χ1n) is 10.4. The van der Waals surface area contributed by atoms with E-state index in [4.69, 9.17) is 25.8 Å². The number of hydrogen-bond donors (Lipinski definition) is 1. The number of ether oxygens (including phenoxy) is 3. The number of nitrogens with zero attached hydrogens (tertiary/aromatic N) is 1. The Hall–Kier alpha value is -2.55. The van der Waals surface area contributed by atoms with E-state index in [1.807, 2.05) is 43.3 Å². The van der Waals surface area contributed by atoms with Gasteiger partial charge in [0.2, 0.25) is 0 Å². The van der Waals surface area contributed by atoms with Crippen LogP contribution in [0.4, 0.5) is 0 Å². The maximum absolute atomic E-state index is 12.5. The molecule has 0 saturated heterocycles. The number of hydrazone groups is 1. The first-order valence-corrected chi connectivity index (χ1v) is 12.4. The maximum atomic E-state index is 12.5. The Morgan fingerprint density at radius 1 is 1.03 bits per heavy atom. The number of benzene rings is 3. The van der Waals surface area contributed by atoms with Gasteiger partial charge in [0.1, 0.15) is 12.4 Å². The van der Waals surface area contributed by atoms with E-state index in [1.165, 1.54) is 7.11 Å². The topological polar surface area (TPSA) is 69.2 Å². The number of hydrogen-bond acceptors (Lipinski definition) is 5. The van der Waals surface area contributed by atoms with Gasteiger partial charge >= 0.3 is 0 Å². The van der Waals surface area contributed by atoms with Gasteiger partial charge in [-0.05, 0) is 91.9 Å². The van der Waals surface area contributed by atoms with Gasteiger partial charge in [-0.15, -0.1) is 0 Å². The van der Waals surface area contributed by atoms with Gasteiger partial charge in [0.15, 0.2) is 11.5 Å². The summed E-state index contributed by atoms with van der Waals surface area (Å²) >= 11 is 13.0. The highest BCUT2D eigenvalue weighted by Crippen LogP contribution is 2.35. The number of rotatable bonds is 10. The van der Waals surface area contributed by atoms with Crippen LogP contribution in [0.25, 0.3) is 0 Å². The van der Waals surface area contributed by atoms with E-state index in [1.54, 1.807) is 24.4 Å². The Kier molecular flexibility index (Phi) is 9.80. The molecule has 3 rings (SSSR count). The van der Waals surface area contributed by atoms with E-state index >= 15 is 0 Å². The van der Waals surface area contributed by atoms with Gasteiger partial charge < -0.3 is 14.2 Å². The Labute approximate surface area is 220 Å². The van der Waals surface area contributed by atoms with Crippen molar-refractivity contribution in [2.24, 2.45) is 5.10 Å². The van der Waals surface area contributed by atoms with Crippen LogP contribution in [0.15, 0.2) is 68.6 Å². The SMILES string of the molecule is CCCOc1ccc(C(=O)N/N=C/c2cc(Br)c(OCc3ccc(Cl)cc3)c(Br)c2)cc1OC. The van der Waals surface area contributed by atoms with Crippen LogP contribution < -0.4 is 19.6 Å². The highest BCUT2D eigenvalue weighted by molar-refractivity contribution is 9.11. The average molecular weight is 611 g/mol. The standard InChI is InChI=1S/C25H23Br2ClN2O4/c1-3-10-33-22-9-6-18(13-23(22)32-2)25(31)30-29-14-17-11-20(26)24(21(27)12-17)34-15-16-4-7-19(28)8-5-16/h4-9,11-14H,3,10,15H2,1-2H3,(H,30,31)/b29-14+. The Morgan fingerprint density at radius 2 is 1.74 bits per heavy atom. The second kappa shape index (κ2) is 12.8. The molecule has 1 amide bonds. The lowest BCUT2D eigenvalue weighted by atomic mass is 10.2. The lowest BCUT2D eigenvalue weighted by Gasteiger charge is -2.12. The van der Waals surface area contributed by atoms with Crippen molar-refractivity contribution in [3.8, 4) is 17.2 Å². The lowest BCUT2D eigenvalue weighted by molar-refractivity contribution is 0.0954. The second-order valence-corrected chi connectivity index (χ2v) is 9.29. The average Bonchev–Trinajstić information content (AvgIpc) is 2.83. The predicted molar refractivity (Wildman–Crippen MR) is 141 cm³/mol. The molecule has 0 spiro atoms. The molecule has 0 heterocycles. The number of halogens is 3. The van der Waals surface area contributed by atoms with Gasteiger partial charge in [-0.2, -0.15) is 5.10 Å². The highest BCUT2D eigenvalue weighted by Gasteiger charge is 2.12. The summed E-state index contributed by atoms with van der Waals surface area (Å²) in [4.78, 5) is 12.5. The van der Waals surface area contributed by atoms with Crippen molar-refractivity contribution >= 4 is 55.6 Å². The van der Waals surface area contributed by atoms with Crippen molar-refractivity contribution in [2.45, 2.75) is 20.0 Å². The van der Waals surface area contributed by atoms with Crippen LogP contribution in [0.3, 0.4) is 0 Å². The number of amides is 1. The third-order valence-electron chi connectivity index (χ3n) is 4.58. The zero-order valence-electron chi connectivity index (χ0n) is 18.6. The zero-order chi connectivity index (χ0) is 24.5. The molecular formula is C25H23Br2ClN2O4. The molecule has 0 fully saturated rings. The van der Waals surface area contributed by atoms with Crippen LogP contribution in [0.1, 0.15) is 34.8 Å². The van der Waals surface area contributed by atoms with Crippen LogP contribution in [0.2, 0.25) is 5.02 Å². The minimum absolute atomic E-state index is 0.363. The molecule has 0 aromatic heterocycles. The number of carbonyl (C=O) groups is 1. The summed E-state index contributed by atoms with van der Waals surface area (Å²) in [6, 6.07) is 16.2. The van der Waals surface area contributed by atoms with Crippen LogP contribution in [0.5, 0.6) is 17.2 Å². The molecule has 6 nitrogen and oxygen atoms in total. The summed E-state index contributed by atoms with van der Waals surface area (Å²) in [6.45, 7) is 2.98. The zero-order valence-corrected chi connectivity index (χ0v) is 22.5. The maximum Gasteiger partial charge on any atom is 0.271 e. The smallest absolute Gasteiger partial charge is 0.271 e. The number of nitrogens with one attached hydrogen (secondary N) is 1. The first kappa shape index (κ1) is 26.1. The number of methoxy groups -OCH3 is 1. The van der Waals surface area contributed by atoms with Gasteiger partial charge in [0.05, 0.1) is 28.9 Å².